The van der Waals surface area contributed by atoms with Gasteiger partial charge in [-0.15, -0.1) is 0 Å². The van der Waals surface area contributed by atoms with Crippen molar-refractivity contribution in [3.8, 4) is 0 Å². The Balaban J connectivity index is 0.000000301. The predicted molar refractivity (Wildman–Crippen MR) is 118 cm³/mol. The van der Waals surface area contributed by atoms with Gasteiger partial charge in [-0.3, -0.25) is 9.88 Å². The number of morpholine rings is 1. The minimum atomic E-state index is -5.08. The molecule has 0 spiro atoms. The summed E-state index contributed by atoms with van der Waals surface area (Å²) in [6.45, 7) is 5.51. The Labute approximate surface area is 214 Å². The SMILES string of the molecule is Cc1cccnc1CN1CC[C@@H]2OCCN(S(=O)(=O)C3CC3)[C@H]2C1.O=C(O)C(F)(F)F.O=C(O)C(F)(F)F. The molecule has 3 heterocycles. The van der Waals surface area contributed by atoms with E-state index in [9.17, 15) is 34.8 Å². The second-order valence-electron chi connectivity index (χ2n) is 8.73. The highest BCUT2D eigenvalue weighted by atomic mass is 32.2. The predicted octanol–water partition coefficient (Wildman–Crippen LogP) is 2.42. The number of hydrogen-bond donors (Lipinski definition) is 2. The van der Waals surface area contributed by atoms with E-state index in [1.165, 1.54) is 5.56 Å². The lowest BCUT2D eigenvalue weighted by molar-refractivity contribution is -0.193. The number of fused-ring (bicyclic) bond motifs is 1. The van der Waals surface area contributed by atoms with Gasteiger partial charge in [-0.25, -0.2) is 18.0 Å². The average Bonchev–Trinajstić information content (AvgIpc) is 3.66. The van der Waals surface area contributed by atoms with Gasteiger partial charge in [0.05, 0.1) is 29.7 Å². The van der Waals surface area contributed by atoms with E-state index in [0.29, 0.717) is 13.2 Å². The second kappa shape index (κ2) is 12.6. The molecule has 2 aliphatic heterocycles. The Bertz CT molecular complexity index is 1060. The number of piperidine rings is 1. The number of aliphatic carboxylic acids is 2. The molecule has 0 aromatic carbocycles. The van der Waals surface area contributed by atoms with Crippen LogP contribution in [0.25, 0.3) is 0 Å². The molecule has 3 fully saturated rings. The molecule has 1 saturated carbocycles. The normalized spacial score (nSPS) is 22.7. The third-order valence-electron chi connectivity index (χ3n) is 5.87. The molecule has 0 amide bonds. The van der Waals surface area contributed by atoms with E-state index in [2.05, 4.69) is 22.9 Å². The van der Waals surface area contributed by atoms with E-state index in [0.717, 1.165) is 44.6 Å². The number of alkyl halides is 6. The van der Waals surface area contributed by atoms with Crippen LogP contribution in [0, 0.1) is 6.92 Å². The summed E-state index contributed by atoms with van der Waals surface area (Å²) in [6.07, 6.45) is -5.80. The zero-order valence-corrected chi connectivity index (χ0v) is 20.9. The molecule has 17 heteroatoms. The highest BCUT2D eigenvalue weighted by Gasteiger charge is 2.48. The number of nitrogens with zero attached hydrogens (tertiary/aromatic N) is 3. The summed E-state index contributed by atoms with van der Waals surface area (Å²) in [6, 6.07) is 3.97. The molecule has 2 atom stereocenters. The molecule has 4 rings (SSSR count). The van der Waals surface area contributed by atoms with Gasteiger partial charge in [0, 0.05) is 32.4 Å². The lowest BCUT2D eigenvalue weighted by Gasteiger charge is -2.46. The van der Waals surface area contributed by atoms with Crippen molar-refractivity contribution < 1.29 is 59.3 Å². The van der Waals surface area contributed by atoms with E-state index < -0.39 is 34.3 Å². The first-order valence-corrected chi connectivity index (χ1v) is 12.8. The fraction of sp³-hybridized carbons (Fsp3) is 0.667. The first-order chi connectivity index (χ1) is 17.4. The van der Waals surface area contributed by atoms with Crippen LogP contribution in [-0.4, -0.2) is 101 Å². The van der Waals surface area contributed by atoms with Gasteiger partial charge in [0.15, 0.2) is 0 Å². The fourth-order valence-electron chi connectivity index (χ4n) is 3.82. The molecule has 38 heavy (non-hydrogen) atoms. The average molecular weight is 580 g/mol. The summed E-state index contributed by atoms with van der Waals surface area (Å²) >= 11 is 0. The number of carboxylic acids is 2. The molecular weight excluding hydrogens is 552 g/mol. The topological polar surface area (TPSA) is 137 Å². The van der Waals surface area contributed by atoms with E-state index in [1.54, 1.807) is 4.31 Å². The lowest BCUT2D eigenvalue weighted by atomic mass is 10.00. The Kier molecular flexibility index (Phi) is 10.5. The third kappa shape index (κ3) is 9.06. The van der Waals surface area contributed by atoms with Crippen molar-refractivity contribution in [3.05, 3.63) is 29.6 Å². The Morgan fingerprint density at radius 3 is 2.08 bits per heavy atom. The first kappa shape index (κ1) is 31.7. The van der Waals surface area contributed by atoms with Gasteiger partial charge < -0.3 is 14.9 Å². The molecule has 10 nitrogen and oxygen atoms in total. The maximum Gasteiger partial charge on any atom is 0.490 e. The van der Waals surface area contributed by atoms with Crippen LogP contribution in [0.1, 0.15) is 30.5 Å². The molecule has 3 aliphatic rings. The number of ether oxygens (including phenoxy) is 1. The van der Waals surface area contributed by atoms with Crippen LogP contribution < -0.4 is 0 Å². The van der Waals surface area contributed by atoms with Crippen LogP contribution in [0.4, 0.5) is 26.3 Å². The Hall–Kier alpha value is -2.50. The molecule has 1 aromatic heterocycles. The smallest absolute Gasteiger partial charge is 0.475 e. The summed E-state index contributed by atoms with van der Waals surface area (Å²) in [5.41, 5.74) is 2.26. The van der Waals surface area contributed by atoms with Gasteiger partial charge in [0.2, 0.25) is 10.0 Å². The second-order valence-corrected chi connectivity index (χ2v) is 10.9. The summed E-state index contributed by atoms with van der Waals surface area (Å²) in [4.78, 5) is 24.6. The minimum absolute atomic E-state index is 0.0355. The molecule has 1 aliphatic carbocycles. The van der Waals surface area contributed by atoms with E-state index in [-0.39, 0.29) is 17.4 Å². The molecule has 2 saturated heterocycles. The van der Waals surface area contributed by atoms with Crippen LogP contribution in [0.5, 0.6) is 0 Å². The maximum absolute atomic E-state index is 12.8. The van der Waals surface area contributed by atoms with Gasteiger partial charge in [-0.2, -0.15) is 30.6 Å². The number of halogens is 6. The molecule has 1 aromatic rings. The number of pyridine rings is 1. The molecule has 0 bridgehead atoms. The molecule has 0 radical (unpaired) electrons. The lowest BCUT2D eigenvalue weighted by Crippen LogP contribution is -2.61. The summed E-state index contributed by atoms with van der Waals surface area (Å²) in [7, 11) is -3.15. The van der Waals surface area contributed by atoms with Gasteiger partial charge in [0.25, 0.3) is 0 Å². The Morgan fingerprint density at radius 2 is 1.61 bits per heavy atom. The van der Waals surface area contributed by atoms with Crippen molar-refractivity contribution in [2.24, 2.45) is 0 Å². The summed E-state index contributed by atoms with van der Waals surface area (Å²) < 4.78 is 96.6. The number of hydrogen-bond acceptors (Lipinski definition) is 7. The number of likely N-dealkylation sites (tertiary alicyclic amines) is 1. The number of carbonyl (C=O) groups is 2. The van der Waals surface area contributed by atoms with Crippen molar-refractivity contribution in [1.82, 2.24) is 14.2 Å². The van der Waals surface area contributed by atoms with Crippen LogP contribution in [0.15, 0.2) is 18.3 Å². The minimum Gasteiger partial charge on any atom is -0.475 e. The zero-order chi connectivity index (χ0) is 28.9. The quantitative estimate of drug-likeness (QED) is 0.516. The van der Waals surface area contributed by atoms with Crippen molar-refractivity contribution in [2.45, 2.75) is 62.5 Å². The van der Waals surface area contributed by atoms with Crippen LogP contribution in [-0.2, 0) is 30.9 Å². The fourth-order valence-corrected chi connectivity index (χ4v) is 5.84. The number of aryl methyl sites for hydroxylation is 1. The van der Waals surface area contributed by atoms with Crippen molar-refractivity contribution in [1.29, 1.82) is 0 Å². The third-order valence-corrected chi connectivity index (χ3v) is 8.29. The number of aromatic nitrogens is 1. The monoisotopic (exact) mass is 579 g/mol. The van der Waals surface area contributed by atoms with Gasteiger partial charge in [-0.1, -0.05) is 6.07 Å². The highest BCUT2D eigenvalue weighted by Crippen LogP contribution is 2.35. The van der Waals surface area contributed by atoms with Gasteiger partial charge in [0.1, 0.15) is 0 Å². The maximum atomic E-state index is 12.8. The van der Waals surface area contributed by atoms with Crippen molar-refractivity contribution >= 4 is 22.0 Å². The van der Waals surface area contributed by atoms with Crippen LogP contribution in [0.2, 0.25) is 0 Å². The van der Waals surface area contributed by atoms with Crippen molar-refractivity contribution in [2.75, 3.05) is 26.2 Å². The highest BCUT2D eigenvalue weighted by molar-refractivity contribution is 7.90. The first-order valence-electron chi connectivity index (χ1n) is 11.3. The van der Waals surface area contributed by atoms with E-state index >= 15 is 0 Å². The van der Waals surface area contributed by atoms with Gasteiger partial charge >= 0.3 is 24.3 Å². The van der Waals surface area contributed by atoms with Gasteiger partial charge in [-0.05, 0) is 37.8 Å². The largest absolute Gasteiger partial charge is 0.490 e. The van der Waals surface area contributed by atoms with Crippen LogP contribution in [0.3, 0.4) is 0 Å². The summed E-state index contributed by atoms with van der Waals surface area (Å²) in [5, 5.41) is 14.1. The standard InChI is InChI=1S/C17H25N3O3S.2C2HF3O2/c1-13-3-2-7-18-15(13)11-19-8-6-17-16(12-19)20(9-10-23-17)24(21,22)14-4-5-14;2*3-2(4,5)1(6)7/h2-3,7,14,16-17H,4-6,8-12H2,1H3;2*(H,6,7)/t16-,17-;;/m0../s1. The molecule has 0 unspecified atom stereocenters. The van der Waals surface area contributed by atoms with E-state index in [4.69, 9.17) is 24.5 Å². The number of rotatable bonds is 4. The zero-order valence-electron chi connectivity index (χ0n) is 20.1. The number of sulfonamides is 1. The molecular formula is C21H27F6N3O7S. The Morgan fingerprint density at radius 1 is 1.05 bits per heavy atom. The van der Waals surface area contributed by atoms with E-state index in [1.807, 2.05) is 12.3 Å². The number of carboxylic acid groups (broad SMARTS) is 2. The summed E-state index contributed by atoms with van der Waals surface area (Å²) in [5.74, 6) is -5.51. The molecule has 216 valence electrons. The van der Waals surface area contributed by atoms with Crippen molar-refractivity contribution in [3.63, 3.8) is 0 Å². The molecule has 2 N–H and O–H groups in total. The van der Waals surface area contributed by atoms with Crippen LogP contribution >= 0.6 is 0 Å².